The van der Waals surface area contributed by atoms with E-state index < -0.39 is 17.2 Å². The summed E-state index contributed by atoms with van der Waals surface area (Å²) in [5.74, 6) is -0.426. The molecule has 5 nitrogen and oxygen atoms in total. The molecule has 8 heteroatoms. The fourth-order valence-corrected chi connectivity index (χ4v) is 3.19. The van der Waals surface area contributed by atoms with Crippen LogP contribution in [0, 0.1) is 0 Å². The molecule has 2 aromatic carbocycles. The molecule has 0 spiro atoms. The van der Waals surface area contributed by atoms with Gasteiger partial charge in [-0.05, 0) is 35.7 Å². The van der Waals surface area contributed by atoms with E-state index >= 15 is 0 Å². The van der Waals surface area contributed by atoms with Gasteiger partial charge < -0.3 is 4.74 Å². The summed E-state index contributed by atoms with van der Waals surface area (Å²) in [4.78, 5) is 11.4. The van der Waals surface area contributed by atoms with E-state index in [1.54, 1.807) is 36.4 Å². The number of esters is 1. The number of hydrogen-bond donors (Lipinski definition) is 1. The average Bonchev–Trinajstić information content (AvgIpc) is 2.61. The second-order valence-electron chi connectivity index (χ2n) is 5.25. The second-order valence-corrected chi connectivity index (χ2v) is 7.01. The molecular formula is C17H17Cl2NO4S. The maximum Gasteiger partial charge on any atom is 0.337 e. The van der Waals surface area contributed by atoms with Gasteiger partial charge in [0.2, 0.25) is 11.3 Å². The van der Waals surface area contributed by atoms with Crippen LogP contribution < -0.4 is 0 Å². The summed E-state index contributed by atoms with van der Waals surface area (Å²) >= 11 is 9.99. The molecule has 134 valence electrons. The van der Waals surface area contributed by atoms with Crippen LogP contribution in [0.25, 0.3) is 0 Å². The SMILES string of the molecule is COC(=O)c1ccc(CN(CCc2cccc(Cl)c2Cl)S(=O)O)cc1. The minimum Gasteiger partial charge on any atom is -0.465 e. The number of carbonyl (C=O) groups is 1. The molecule has 0 radical (unpaired) electrons. The van der Waals surface area contributed by atoms with Crippen molar-refractivity contribution in [2.75, 3.05) is 13.7 Å². The lowest BCUT2D eigenvalue weighted by atomic mass is 10.1. The quantitative estimate of drug-likeness (QED) is 0.562. The van der Waals surface area contributed by atoms with Gasteiger partial charge in [0.25, 0.3) is 0 Å². The van der Waals surface area contributed by atoms with Crippen molar-refractivity contribution in [3.8, 4) is 0 Å². The highest BCUT2D eigenvalue weighted by Gasteiger charge is 2.14. The summed E-state index contributed by atoms with van der Waals surface area (Å²) in [5.41, 5.74) is 2.03. The second kappa shape index (κ2) is 9.31. The molecule has 0 aliphatic rings. The predicted octanol–water partition coefficient (Wildman–Crippen LogP) is 3.96. The number of hydrogen-bond acceptors (Lipinski definition) is 3. The fraction of sp³-hybridized carbons (Fsp3) is 0.235. The van der Waals surface area contributed by atoms with Crippen molar-refractivity contribution >= 4 is 40.4 Å². The summed E-state index contributed by atoms with van der Waals surface area (Å²) in [6, 6.07) is 12.0. The van der Waals surface area contributed by atoms with Crippen LogP contribution in [-0.4, -0.2) is 32.7 Å². The summed E-state index contributed by atoms with van der Waals surface area (Å²) in [6.07, 6.45) is 0.478. The smallest absolute Gasteiger partial charge is 0.337 e. The summed E-state index contributed by atoms with van der Waals surface area (Å²) in [6.45, 7) is 0.574. The van der Waals surface area contributed by atoms with E-state index in [9.17, 15) is 13.6 Å². The monoisotopic (exact) mass is 401 g/mol. The number of rotatable bonds is 7. The summed E-state index contributed by atoms with van der Waals surface area (Å²) < 4.78 is 27.2. The Labute approximate surface area is 158 Å². The first-order valence-electron chi connectivity index (χ1n) is 7.38. The first kappa shape index (κ1) is 19.9. The lowest BCUT2D eigenvalue weighted by Crippen LogP contribution is -2.27. The molecule has 2 aromatic rings. The zero-order valence-corrected chi connectivity index (χ0v) is 15.8. The van der Waals surface area contributed by atoms with Crippen molar-refractivity contribution in [3.63, 3.8) is 0 Å². The standard InChI is InChI=1S/C17H17Cl2NO4S/c1-24-17(21)14-7-5-12(6-8-14)11-20(25(22)23)10-9-13-3-2-4-15(18)16(13)19/h2-8H,9-11H2,1H3,(H,22,23). The maximum absolute atomic E-state index is 11.6. The zero-order chi connectivity index (χ0) is 18.4. The number of methoxy groups -OCH3 is 1. The molecule has 1 unspecified atom stereocenters. The Morgan fingerprint density at radius 2 is 1.88 bits per heavy atom. The van der Waals surface area contributed by atoms with Crippen molar-refractivity contribution in [3.05, 3.63) is 69.2 Å². The molecule has 0 heterocycles. The molecule has 0 aromatic heterocycles. The molecule has 0 bridgehead atoms. The molecular weight excluding hydrogens is 385 g/mol. The van der Waals surface area contributed by atoms with Gasteiger partial charge in [0.15, 0.2) is 0 Å². The molecule has 0 saturated heterocycles. The molecule has 1 atom stereocenters. The average molecular weight is 402 g/mol. The third-order valence-electron chi connectivity index (χ3n) is 3.62. The van der Waals surface area contributed by atoms with Gasteiger partial charge in [-0.3, -0.25) is 4.55 Å². The van der Waals surface area contributed by atoms with Crippen LogP contribution >= 0.6 is 23.2 Å². The summed E-state index contributed by atoms with van der Waals surface area (Å²) in [5, 5.41) is 0.907. The zero-order valence-electron chi connectivity index (χ0n) is 13.4. The van der Waals surface area contributed by atoms with E-state index in [4.69, 9.17) is 23.2 Å². The highest BCUT2D eigenvalue weighted by Crippen LogP contribution is 2.26. The Bertz CT molecular complexity index is 768. The van der Waals surface area contributed by atoms with Crippen molar-refractivity contribution in [1.29, 1.82) is 0 Å². The van der Waals surface area contributed by atoms with Crippen LogP contribution in [0.15, 0.2) is 42.5 Å². The van der Waals surface area contributed by atoms with Gasteiger partial charge in [-0.1, -0.05) is 47.5 Å². The van der Waals surface area contributed by atoms with Crippen molar-refractivity contribution in [1.82, 2.24) is 4.31 Å². The Hall–Kier alpha value is -1.44. The molecule has 25 heavy (non-hydrogen) atoms. The van der Waals surface area contributed by atoms with Crippen LogP contribution in [0.5, 0.6) is 0 Å². The molecule has 0 saturated carbocycles. The Morgan fingerprint density at radius 1 is 1.20 bits per heavy atom. The minimum atomic E-state index is -2.14. The number of benzene rings is 2. The lowest BCUT2D eigenvalue weighted by Gasteiger charge is -2.18. The molecule has 0 amide bonds. The fourth-order valence-electron chi connectivity index (χ4n) is 2.27. The maximum atomic E-state index is 11.6. The Morgan fingerprint density at radius 3 is 2.48 bits per heavy atom. The van der Waals surface area contributed by atoms with Gasteiger partial charge in [-0.2, -0.15) is 4.31 Å². The summed E-state index contributed by atoms with van der Waals surface area (Å²) in [7, 11) is 1.31. The molecule has 0 aliphatic heterocycles. The van der Waals surface area contributed by atoms with Crippen LogP contribution in [0.1, 0.15) is 21.5 Å². The number of ether oxygens (including phenoxy) is 1. The van der Waals surface area contributed by atoms with E-state index in [-0.39, 0.29) is 6.54 Å². The van der Waals surface area contributed by atoms with E-state index in [1.165, 1.54) is 11.4 Å². The Balaban J connectivity index is 2.04. The van der Waals surface area contributed by atoms with E-state index in [1.807, 2.05) is 6.07 Å². The number of halogens is 2. The lowest BCUT2D eigenvalue weighted by molar-refractivity contribution is 0.0600. The molecule has 0 fully saturated rings. The van der Waals surface area contributed by atoms with Crippen LogP contribution in [0.4, 0.5) is 0 Å². The highest BCUT2D eigenvalue weighted by atomic mass is 35.5. The first-order chi connectivity index (χ1) is 11.9. The minimum absolute atomic E-state index is 0.253. The largest absolute Gasteiger partial charge is 0.465 e. The van der Waals surface area contributed by atoms with E-state index in [0.29, 0.717) is 28.6 Å². The number of carbonyl (C=O) groups excluding carboxylic acids is 1. The van der Waals surface area contributed by atoms with Gasteiger partial charge in [0.05, 0.1) is 22.7 Å². The number of nitrogens with zero attached hydrogens (tertiary/aromatic N) is 1. The Kier molecular flexibility index (Phi) is 7.40. The topological polar surface area (TPSA) is 66.8 Å². The van der Waals surface area contributed by atoms with Gasteiger partial charge >= 0.3 is 5.97 Å². The van der Waals surface area contributed by atoms with Crippen molar-refractivity contribution in [2.45, 2.75) is 13.0 Å². The van der Waals surface area contributed by atoms with Gasteiger partial charge in [-0.15, -0.1) is 0 Å². The van der Waals surface area contributed by atoms with Crippen molar-refractivity contribution in [2.24, 2.45) is 0 Å². The predicted molar refractivity (Wildman–Crippen MR) is 99.1 cm³/mol. The van der Waals surface area contributed by atoms with Crippen LogP contribution in [-0.2, 0) is 29.0 Å². The molecule has 1 N–H and O–H groups in total. The van der Waals surface area contributed by atoms with Gasteiger partial charge in [0, 0.05) is 13.1 Å². The third-order valence-corrected chi connectivity index (χ3v) is 5.23. The molecule has 0 aliphatic carbocycles. The van der Waals surface area contributed by atoms with Crippen LogP contribution in [0.3, 0.4) is 0 Å². The molecule has 2 rings (SSSR count). The first-order valence-corrected chi connectivity index (χ1v) is 9.20. The van der Waals surface area contributed by atoms with Gasteiger partial charge in [-0.25, -0.2) is 9.00 Å². The van der Waals surface area contributed by atoms with Crippen molar-refractivity contribution < 1.29 is 18.3 Å². The van der Waals surface area contributed by atoms with Gasteiger partial charge in [0.1, 0.15) is 0 Å². The van der Waals surface area contributed by atoms with Crippen LogP contribution in [0.2, 0.25) is 10.0 Å². The normalized spacial score (nSPS) is 12.2. The van der Waals surface area contributed by atoms with E-state index in [2.05, 4.69) is 4.74 Å². The highest BCUT2D eigenvalue weighted by molar-refractivity contribution is 7.76. The van der Waals surface area contributed by atoms with E-state index in [0.717, 1.165) is 11.1 Å². The third kappa shape index (κ3) is 5.52.